The molecule has 0 fully saturated rings. The number of ether oxygens (including phenoxy) is 1. The van der Waals surface area contributed by atoms with Gasteiger partial charge in [0, 0.05) is 12.4 Å². The second-order valence-corrected chi connectivity index (χ2v) is 2.75. The van der Waals surface area contributed by atoms with Crippen LogP contribution in [0.3, 0.4) is 0 Å². The number of esters is 1. The SMILES string of the molecule is COC(=O)c1ccnc2[nH]cc(O)c12. The molecule has 0 spiro atoms. The van der Waals surface area contributed by atoms with Gasteiger partial charge in [0.05, 0.1) is 18.1 Å². The van der Waals surface area contributed by atoms with E-state index in [0.29, 0.717) is 16.6 Å². The first-order valence-corrected chi connectivity index (χ1v) is 3.97. The lowest BCUT2D eigenvalue weighted by Gasteiger charge is -2.00. The molecular formula is C9H8N2O3. The maximum Gasteiger partial charge on any atom is 0.338 e. The second-order valence-electron chi connectivity index (χ2n) is 2.75. The molecule has 2 N–H and O–H groups in total. The molecule has 2 aromatic heterocycles. The first kappa shape index (κ1) is 8.55. The van der Waals surface area contributed by atoms with Crippen molar-refractivity contribution in [2.45, 2.75) is 0 Å². The number of methoxy groups -OCH3 is 1. The van der Waals surface area contributed by atoms with E-state index in [1.807, 2.05) is 0 Å². The van der Waals surface area contributed by atoms with Crippen molar-refractivity contribution in [3.63, 3.8) is 0 Å². The predicted octanol–water partition coefficient (Wildman–Crippen LogP) is 1.06. The van der Waals surface area contributed by atoms with Gasteiger partial charge in [-0.25, -0.2) is 9.78 Å². The zero-order valence-corrected chi connectivity index (χ0v) is 7.44. The van der Waals surface area contributed by atoms with E-state index in [0.717, 1.165) is 0 Å². The third-order valence-electron chi connectivity index (χ3n) is 1.96. The Bertz CT molecular complexity index is 490. The summed E-state index contributed by atoms with van der Waals surface area (Å²) in [5.41, 5.74) is 0.765. The Kier molecular flexibility index (Phi) is 1.85. The molecule has 0 atom stereocenters. The molecule has 2 aromatic rings. The summed E-state index contributed by atoms with van der Waals surface area (Å²) in [6.07, 6.45) is 2.86. The summed E-state index contributed by atoms with van der Waals surface area (Å²) in [6.45, 7) is 0. The maximum absolute atomic E-state index is 11.3. The van der Waals surface area contributed by atoms with Gasteiger partial charge in [-0.2, -0.15) is 0 Å². The molecule has 0 amide bonds. The number of nitrogens with zero attached hydrogens (tertiary/aromatic N) is 1. The molecule has 14 heavy (non-hydrogen) atoms. The number of carbonyl (C=O) groups is 1. The van der Waals surface area contributed by atoms with E-state index in [2.05, 4.69) is 14.7 Å². The smallest absolute Gasteiger partial charge is 0.338 e. The summed E-state index contributed by atoms with van der Waals surface area (Å²) in [7, 11) is 1.29. The van der Waals surface area contributed by atoms with Crippen LogP contribution >= 0.6 is 0 Å². The van der Waals surface area contributed by atoms with Gasteiger partial charge in [0.15, 0.2) is 0 Å². The molecular weight excluding hydrogens is 184 g/mol. The second kappa shape index (κ2) is 3.02. The summed E-state index contributed by atoms with van der Waals surface area (Å²) >= 11 is 0. The molecule has 72 valence electrons. The van der Waals surface area contributed by atoms with Crippen LogP contribution in [0.4, 0.5) is 0 Å². The van der Waals surface area contributed by atoms with Crippen molar-refractivity contribution in [1.29, 1.82) is 0 Å². The number of nitrogens with one attached hydrogen (secondary N) is 1. The van der Waals surface area contributed by atoms with Gasteiger partial charge in [0.2, 0.25) is 0 Å². The minimum atomic E-state index is -0.493. The Morgan fingerprint density at radius 3 is 3.14 bits per heavy atom. The average Bonchev–Trinajstić information content (AvgIpc) is 2.59. The van der Waals surface area contributed by atoms with Crippen LogP contribution < -0.4 is 0 Å². The van der Waals surface area contributed by atoms with Crippen molar-refractivity contribution in [2.24, 2.45) is 0 Å². The van der Waals surface area contributed by atoms with Crippen LogP contribution in [0.2, 0.25) is 0 Å². The van der Waals surface area contributed by atoms with E-state index in [4.69, 9.17) is 0 Å². The van der Waals surface area contributed by atoms with Gasteiger partial charge in [-0.1, -0.05) is 0 Å². The lowest BCUT2D eigenvalue weighted by molar-refractivity contribution is 0.0602. The molecule has 5 nitrogen and oxygen atoms in total. The predicted molar refractivity (Wildman–Crippen MR) is 49.1 cm³/mol. The highest BCUT2D eigenvalue weighted by Gasteiger charge is 2.14. The van der Waals surface area contributed by atoms with Gasteiger partial charge in [0.1, 0.15) is 11.4 Å². The number of aromatic hydroxyl groups is 1. The number of rotatable bonds is 1. The van der Waals surface area contributed by atoms with Crippen LogP contribution in [-0.4, -0.2) is 28.2 Å². The fourth-order valence-corrected chi connectivity index (χ4v) is 1.32. The highest BCUT2D eigenvalue weighted by Crippen LogP contribution is 2.26. The standard InChI is InChI=1S/C9H8N2O3/c1-14-9(13)5-2-3-10-8-7(5)6(12)4-11-8/h2-4,12H,1H3,(H,10,11). The lowest BCUT2D eigenvalue weighted by Crippen LogP contribution is -2.01. The number of fused-ring (bicyclic) bond motifs is 1. The summed E-state index contributed by atoms with van der Waals surface area (Å²) in [5.74, 6) is -0.499. The van der Waals surface area contributed by atoms with Gasteiger partial charge >= 0.3 is 5.97 Å². The molecule has 0 unspecified atom stereocenters. The Morgan fingerprint density at radius 2 is 2.43 bits per heavy atom. The number of hydrogen-bond donors (Lipinski definition) is 2. The number of H-pyrrole nitrogens is 1. The molecule has 0 aliphatic rings. The fourth-order valence-electron chi connectivity index (χ4n) is 1.32. The molecule has 2 rings (SSSR count). The highest BCUT2D eigenvalue weighted by atomic mass is 16.5. The monoisotopic (exact) mass is 192 g/mol. The number of carbonyl (C=O) groups excluding carboxylic acids is 1. The van der Waals surface area contributed by atoms with Crippen molar-refractivity contribution in [3.05, 3.63) is 24.0 Å². The zero-order chi connectivity index (χ0) is 10.1. The van der Waals surface area contributed by atoms with Crippen molar-refractivity contribution < 1.29 is 14.6 Å². The summed E-state index contributed by atoms with van der Waals surface area (Å²) in [4.78, 5) is 18.0. The molecule has 5 heteroatoms. The van der Waals surface area contributed by atoms with Crippen molar-refractivity contribution >= 4 is 17.0 Å². The lowest BCUT2D eigenvalue weighted by atomic mass is 10.2. The maximum atomic E-state index is 11.3. The first-order chi connectivity index (χ1) is 6.74. The quantitative estimate of drug-likeness (QED) is 0.662. The normalized spacial score (nSPS) is 10.4. The number of hydrogen-bond acceptors (Lipinski definition) is 4. The molecule has 0 saturated carbocycles. The molecule has 0 aliphatic heterocycles. The summed E-state index contributed by atoms with van der Waals surface area (Å²) in [5, 5.41) is 9.85. The first-order valence-electron chi connectivity index (χ1n) is 3.97. The van der Waals surface area contributed by atoms with Gasteiger partial charge in [0.25, 0.3) is 0 Å². The Labute approximate surface area is 79.3 Å². The number of aromatic nitrogens is 2. The fraction of sp³-hybridized carbons (Fsp3) is 0.111. The van der Waals surface area contributed by atoms with Crippen molar-refractivity contribution in [1.82, 2.24) is 9.97 Å². The number of aromatic amines is 1. The third kappa shape index (κ3) is 1.10. The Hall–Kier alpha value is -2.04. The van der Waals surface area contributed by atoms with E-state index in [-0.39, 0.29) is 5.75 Å². The van der Waals surface area contributed by atoms with Gasteiger partial charge in [-0.05, 0) is 6.07 Å². The largest absolute Gasteiger partial charge is 0.506 e. The van der Waals surface area contributed by atoms with E-state index >= 15 is 0 Å². The van der Waals surface area contributed by atoms with E-state index in [1.165, 1.54) is 25.6 Å². The molecule has 0 aromatic carbocycles. The topological polar surface area (TPSA) is 75.2 Å². The molecule has 0 aliphatic carbocycles. The van der Waals surface area contributed by atoms with E-state index < -0.39 is 5.97 Å². The van der Waals surface area contributed by atoms with Gasteiger partial charge in [-0.15, -0.1) is 0 Å². The van der Waals surface area contributed by atoms with Gasteiger partial charge < -0.3 is 14.8 Å². The van der Waals surface area contributed by atoms with Crippen LogP contribution in [0.25, 0.3) is 11.0 Å². The summed E-state index contributed by atoms with van der Waals surface area (Å²) in [6, 6.07) is 1.50. The van der Waals surface area contributed by atoms with Crippen LogP contribution in [0.1, 0.15) is 10.4 Å². The third-order valence-corrected chi connectivity index (χ3v) is 1.96. The van der Waals surface area contributed by atoms with Crippen LogP contribution in [0.5, 0.6) is 5.75 Å². The van der Waals surface area contributed by atoms with Crippen LogP contribution in [0, 0.1) is 0 Å². The molecule has 0 radical (unpaired) electrons. The molecule has 2 heterocycles. The molecule has 0 bridgehead atoms. The minimum Gasteiger partial charge on any atom is -0.506 e. The van der Waals surface area contributed by atoms with Gasteiger partial charge in [-0.3, -0.25) is 0 Å². The number of pyridine rings is 1. The van der Waals surface area contributed by atoms with Crippen molar-refractivity contribution in [2.75, 3.05) is 7.11 Å². The van der Waals surface area contributed by atoms with Crippen LogP contribution in [0.15, 0.2) is 18.5 Å². The Morgan fingerprint density at radius 1 is 1.64 bits per heavy atom. The zero-order valence-electron chi connectivity index (χ0n) is 7.44. The minimum absolute atomic E-state index is 0.00602. The van der Waals surface area contributed by atoms with E-state index in [9.17, 15) is 9.90 Å². The summed E-state index contributed by atoms with van der Waals surface area (Å²) < 4.78 is 4.58. The Balaban J connectivity index is 2.75. The van der Waals surface area contributed by atoms with Crippen molar-refractivity contribution in [3.8, 4) is 5.75 Å². The average molecular weight is 192 g/mol. The van der Waals surface area contributed by atoms with Crippen LogP contribution in [-0.2, 0) is 4.74 Å². The molecule has 0 saturated heterocycles. The van der Waals surface area contributed by atoms with E-state index in [1.54, 1.807) is 0 Å². The highest BCUT2D eigenvalue weighted by molar-refractivity contribution is 6.05.